The molecule has 0 saturated carbocycles. The number of hydrogen-bond donors (Lipinski definition) is 1. The van der Waals surface area contributed by atoms with E-state index in [1.54, 1.807) is 0 Å². The Hall–Kier alpha value is -2.02. The highest BCUT2D eigenvalue weighted by atomic mass is 19.2. The number of carbonyl (C=O) groups is 2. The monoisotopic (exact) mass is 313 g/mol. The molecule has 0 radical (unpaired) electrons. The molecule has 1 heterocycles. The Bertz CT molecular complexity index is 558. The lowest BCUT2D eigenvalue weighted by Gasteiger charge is -2.25. The average Bonchev–Trinajstić information content (AvgIpc) is 3.01. The highest BCUT2D eigenvalue weighted by Crippen LogP contribution is 2.19. The van der Waals surface area contributed by atoms with Crippen molar-refractivity contribution < 1.29 is 28.2 Å². The van der Waals surface area contributed by atoms with Crippen LogP contribution in [0.25, 0.3) is 0 Å². The van der Waals surface area contributed by atoms with Crippen LogP contribution in [0.15, 0.2) is 18.2 Å². The van der Waals surface area contributed by atoms with Crippen LogP contribution in [-0.4, -0.2) is 41.6 Å². The third kappa shape index (κ3) is 4.00. The normalized spacial score (nSPS) is 17.5. The van der Waals surface area contributed by atoms with Gasteiger partial charge in [-0.3, -0.25) is 9.59 Å². The van der Waals surface area contributed by atoms with Crippen LogP contribution >= 0.6 is 0 Å². The molecule has 1 aromatic carbocycles. The van der Waals surface area contributed by atoms with Crippen molar-refractivity contribution in [1.29, 1.82) is 0 Å². The molecule has 120 valence electrons. The molecule has 1 aliphatic heterocycles. The standard InChI is InChI=1S/C15H17F2NO4/c16-12-3-1-2-10(14(12)17)8-18(6-4-13(19)20)15(21)11-5-7-22-9-11/h1-3,11H,4-9H2,(H,19,20)/t11-/m0/s1. The van der Waals surface area contributed by atoms with Crippen LogP contribution in [0.5, 0.6) is 0 Å². The predicted octanol–water partition coefficient (Wildman–Crippen LogP) is 1.80. The first-order valence-corrected chi connectivity index (χ1v) is 7.00. The van der Waals surface area contributed by atoms with Gasteiger partial charge in [0.1, 0.15) is 0 Å². The molecule has 0 aromatic heterocycles. The topological polar surface area (TPSA) is 66.8 Å². The van der Waals surface area contributed by atoms with Gasteiger partial charge in [0.05, 0.1) is 18.9 Å². The van der Waals surface area contributed by atoms with Crippen LogP contribution in [0, 0.1) is 17.6 Å². The molecule has 0 spiro atoms. The van der Waals surface area contributed by atoms with E-state index < -0.39 is 17.6 Å². The van der Waals surface area contributed by atoms with Gasteiger partial charge in [-0.1, -0.05) is 12.1 Å². The van der Waals surface area contributed by atoms with E-state index in [2.05, 4.69) is 0 Å². The summed E-state index contributed by atoms with van der Waals surface area (Å²) in [7, 11) is 0. The van der Waals surface area contributed by atoms with Gasteiger partial charge in [0.2, 0.25) is 5.91 Å². The lowest BCUT2D eigenvalue weighted by molar-refractivity contribution is -0.140. The minimum atomic E-state index is -1.06. The summed E-state index contributed by atoms with van der Waals surface area (Å²) in [6.07, 6.45) is 0.296. The van der Waals surface area contributed by atoms with E-state index in [1.165, 1.54) is 17.0 Å². The molecule has 1 saturated heterocycles. The molecule has 0 aliphatic carbocycles. The minimum Gasteiger partial charge on any atom is -0.481 e. The summed E-state index contributed by atoms with van der Waals surface area (Å²) >= 11 is 0. The predicted molar refractivity (Wildman–Crippen MR) is 73.0 cm³/mol. The highest BCUT2D eigenvalue weighted by Gasteiger charge is 2.29. The number of carbonyl (C=O) groups excluding carboxylic acids is 1. The number of amides is 1. The Kier molecular flexibility index (Phi) is 5.43. The van der Waals surface area contributed by atoms with Gasteiger partial charge in [-0.25, -0.2) is 8.78 Å². The Morgan fingerprint density at radius 3 is 2.77 bits per heavy atom. The van der Waals surface area contributed by atoms with Crippen LogP contribution in [0.1, 0.15) is 18.4 Å². The minimum absolute atomic E-state index is 0.0256. The van der Waals surface area contributed by atoms with Gasteiger partial charge >= 0.3 is 5.97 Å². The molecule has 1 atom stereocenters. The first-order chi connectivity index (χ1) is 10.5. The van der Waals surface area contributed by atoms with E-state index in [4.69, 9.17) is 9.84 Å². The molecule has 1 fully saturated rings. The van der Waals surface area contributed by atoms with E-state index in [0.717, 1.165) is 6.07 Å². The Balaban J connectivity index is 2.14. The molecular formula is C15H17F2NO4. The van der Waals surface area contributed by atoms with Crippen molar-refractivity contribution in [1.82, 2.24) is 4.90 Å². The fraction of sp³-hybridized carbons (Fsp3) is 0.467. The zero-order valence-corrected chi connectivity index (χ0v) is 11.9. The maximum absolute atomic E-state index is 13.7. The first-order valence-electron chi connectivity index (χ1n) is 7.00. The van der Waals surface area contributed by atoms with Gasteiger partial charge in [0.25, 0.3) is 0 Å². The molecule has 5 nitrogen and oxygen atoms in total. The number of carboxylic acids is 1. The third-order valence-electron chi connectivity index (χ3n) is 3.58. The van der Waals surface area contributed by atoms with Gasteiger partial charge in [-0.15, -0.1) is 0 Å². The largest absolute Gasteiger partial charge is 0.481 e. The number of hydrogen-bond acceptors (Lipinski definition) is 3. The van der Waals surface area contributed by atoms with Gasteiger partial charge in [-0.05, 0) is 12.5 Å². The molecule has 0 unspecified atom stereocenters. The smallest absolute Gasteiger partial charge is 0.305 e. The molecule has 7 heteroatoms. The van der Waals surface area contributed by atoms with Crippen molar-refractivity contribution in [3.63, 3.8) is 0 Å². The van der Waals surface area contributed by atoms with Crippen molar-refractivity contribution in [3.8, 4) is 0 Å². The summed E-state index contributed by atoms with van der Waals surface area (Å²) in [5.74, 6) is -3.71. The van der Waals surface area contributed by atoms with Crippen LogP contribution in [0.4, 0.5) is 8.78 Å². The van der Waals surface area contributed by atoms with Crippen molar-refractivity contribution in [3.05, 3.63) is 35.4 Å². The van der Waals surface area contributed by atoms with E-state index in [9.17, 15) is 18.4 Å². The lowest BCUT2D eigenvalue weighted by atomic mass is 10.1. The van der Waals surface area contributed by atoms with Gasteiger partial charge in [0.15, 0.2) is 11.6 Å². The van der Waals surface area contributed by atoms with E-state index >= 15 is 0 Å². The van der Waals surface area contributed by atoms with E-state index in [0.29, 0.717) is 13.0 Å². The average molecular weight is 313 g/mol. The van der Waals surface area contributed by atoms with E-state index in [1.807, 2.05) is 0 Å². The molecule has 1 aromatic rings. The third-order valence-corrected chi connectivity index (χ3v) is 3.58. The first kappa shape index (κ1) is 16.4. The second-order valence-electron chi connectivity index (χ2n) is 5.18. The number of aliphatic carboxylic acids is 1. The van der Waals surface area contributed by atoms with Crippen LogP contribution in [0.3, 0.4) is 0 Å². The van der Waals surface area contributed by atoms with Crippen molar-refractivity contribution in [2.75, 3.05) is 19.8 Å². The maximum Gasteiger partial charge on any atom is 0.305 e. The Morgan fingerprint density at radius 2 is 2.14 bits per heavy atom. The van der Waals surface area contributed by atoms with Crippen LogP contribution < -0.4 is 0 Å². The molecule has 1 amide bonds. The van der Waals surface area contributed by atoms with Crippen molar-refractivity contribution in [2.24, 2.45) is 5.92 Å². The fourth-order valence-electron chi connectivity index (χ4n) is 2.36. The Labute approximate surface area is 126 Å². The second kappa shape index (κ2) is 7.31. The van der Waals surface area contributed by atoms with Gasteiger partial charge < -0.3 is 14.7 Å². The molecule has 2 rings (SSSR count). The summed E-state index contributed by atoms with van der Waals surface area (Å²) in [5, 5.41) is 8.78. The summed E-state index contributed by atoms with van der Waals surface area (Å²) < 4.78 is 32.1. The molecule has 1 N–H and O–H groups in total. The molecule has 22 heavy (non-hydrogen) atoms. The number of benzene rings is 1. The highest BCUT2D eigenvalue weighted by molar-refractivity contribution is 5.79. The summed E-state index contributed by atoms with van der Waals surface area (Å²) in [4.78, 5) is 24.4. The van der Waals surface area contributed by atoms with Crippen LogP contribution in [0.2, 0.25) is 0 Å². The maximum atomic E-state index is 13.7. The SMILES string of the molecule is O=C(O)CCN(Cc1cccc(F)c1F)C(=O)[C@H]1CCOC1. The summed E-state index contributed by atoms with van der Waals surface area (Å²) in [6, 6.07) is 3.73. The molecule has 1 aliphatic rings. The Morgan fingerprint density at radius 1 is 1.36 bits per heavy atom. The summed E-state index contributed by atoms with van der Waals surface area (Å²) in [5.41, 5.74) is 0.0256. The van der Waals surface area contributed by atoms with Crippen LogP contribution in [-0.2, 0) is 20.9 Å². The second-order valence-corrected chi connectivity index (χ2v) is 5.18. The van der Waals surface area contributed by atoms with Crippen molar-refractivity contribution >= 4 is 11.9 Å². The van der Waals surface area contributed by atoms with Gasteiger partial charge in [-0.2, -0.15) is 0 Å². The lowest BCUT2D eigenvalue weighted by Crippen LogP contribution is -2.37. The number of ether oxygens (including phenoxy) is 1. The summed E-state index contributed by atoms with van der Waals surface area (Å²) in [6.45, 7) is 0.526. The number of carboxylic acid groups (broad SMARTS) is 1. The number of nitrogens with zero attached hydrogens (tertiary/aromatic N) is 1. The molecular weight excluding hydrogens is 296 g/mol. The fourth-order valence-corrected chi connectivity index (χ4v) is 2.36. The van der Waals surface area contributed by atoms with Gasteiger partial charge in [0, 0.05) is 25.3 Å². The van der Waals surface area contributed by atoms with Crippen molar-refractivity contribution in [2.45, 2.75) is 19.4 Å². The number of rotatable bonds is 6. The zero-order chi connectivity index (χ0) is 16.1. The number of halogens is 2. The molecule has 0 bridgehead atoms. The van der Waals surface area contributed by atoms with E-state index in [-0.39, 0.29) is 43.5 Å². The zero-order valence-electron chi connectivity index (χ0n) is 11.9. The quantitative estimate of drug-likeness (QED) is 0.870.